The molecule has 0 aromatic carbocycles. The van der Waals surface area contributed by atoms with E-state index >= 15 is 0 Å². The van der Waals surface area contributed by atoms with E-state index in [1.165, 1.54) is 0 Å². The molecule has 2 unspecified atom stereocenters. The monoisotopic (exact) mass is 252 g/mol. The first kappa shape index (κ1) is 12.2. The van der Waals surface area contributed by atoms with Gasteiger partial charge in [-0.05, 0) is 20.3 Å². The van der Waals surface area contributed by atoms with Gasteiger partial charge in [0.15, 0.2) is 0 Å². The first-order valence-corrected chi connectivity index (χ1v) is 7.19. The van der Waals surface area contributed by atoms with Crippen molar-refractivity contribution in [3.05, 3.63) is 0 Å². The summed E-state index contributed by atoms with van der Waals surface area (Å²) in [5.74, 6) is 0. The lowest BCUT2D eigenvalue weighted by molar-refractivity contribution is 0.168. The number of carbonyl (C=O) groups is 1. The zero-order valence-corrected chi connectivity index (χ0v) is 11.4. The van der Waals surface area contributed by atoms with Crippen LogP contribution >= 0.6 is 0 Å². The first-order valence-electron chi connectivity index (χ1n) is 7.19. The van der Waals surface area contributed by atoms with E-state index in [2.05, 4.69) is 33.9 Å². The van der Waals surface area contributed by atoms with Crippen LogP contribution in [0.1, 0.15) is 20.3 Å². The smallest absolute Gasteiger partial charge is 0.318 e. The van der Waals surface area contributed by atoms with Gasteiger partial charge >= 0.3 is 6.03 Å². The predicted octanol–water partition coefficient (Wildman–Crippen LogP) is 0.179. The van der Waals surface area contributed by atoms with Crippen LogP contribution in [0.15, 0.2) is 0 Å². The van der Waals surface area contributed by atoms with Crippen LogP contribution in [0.25, 0.3) is 0 Å². The van der Waals surface area contributed by atoms with Crippen molar-refractivity contribution in [1.82, 2.24) is 20.0 Å². The Labute approximate surface area is 109 Å². The van der Waals surface area contributed by atoms with Crippen molar-refractivity contribution >= 4 is 6.03 Å². The second-order valence-corrected chi connectivity index (χ2v) is 6.02. The van der Waals surface area contributed by atoms with Crippen LogP contribution in [0.4, 0.5) is 4.79 Å². The van der Waals surface area contributed by atoms with E-state index in [0.29, 0.717) is 18.1 Å². The molecule has 3 aliphatic rings. The lowest BCUT2D eigenvalue weighted by Crippen LogP contribution is -2.50. The molecule has 3 saturated heterocycles. The van der Waals surface area contributed by atoms with Crippen LogP contribution in [0.5, 0.6) is 0 Å². The van der Waals surface area contributed by atoms with Gasteiger partial charge in [-0.25, -0.2) is 4.79 Å². The van der Waals surface area contributed by atoms with Gasteiger partial charge in [0.25, 0.3) is 0 Å². The van der Waals surface area contributed by atoms with Crippen molar-refractivity contribution in [2.75, 3.05) is 39.3 Å². The molecule has 18 heavy (non-hydrogen) atoms. The number of piperazine rings is 1. The van der Waals surface area contributed by atoms with Crippen LogP contribution in [-0.2, 0) is 0 Å². The van der Waals surface area contributed by atoms with E-state index in [4.69, 9.17) is 0 Å². The van der Waals surface area contributed by atoms with Gasteiger partial charge in [0.1, 0.15) is 0 Å². The number of fused-ring (bicyclic) bond motifs is 1. The molecule has 5 heteroatoms. The highest BCUT2D eigenvalue weighted by Gasteiger charge is 2.43. The van der Waals surface area contributed by atoms with Crippen LogP contribution < -0.4 is 5.32 Å². The third kappa shape index (κ3) is 1.99. The number of carbonyl (C=O) groups excluding carboxylic acids is 1. The lowest BCUT2D eigenvalue weighted by atomic mass is 10.2. The minimum atomic E-state index is 0.275. The average Bonchev–Trinajstić information content (AvgIpc) is 2.95. The van der Waals surface area contributed by atoms with E-state index in [1.807, 2.05) is 0 Å². The van der Waals surface area contributed by atoms with E-state index in [-0.39, 0.29) is 6.03 Å². The molecule has 3 fully saturated rings. The topological polar surface area (TPSA) is 38.8 Å². The van der Waals surface area contributed by atoms with Gasteiger partial charge in [-0.15, -0.1) is 0 Å². The molecule has 0 radical (unpaired) electrons. The Kier molecular flexibility index (Phi) is 3.20. The highest BCUT2D eigenvalue weighted by atomic mass is 16.2. The fourth-order valence-corrected chi connectivity index (χ4v) is 3.44. The molecule has 102 valence electrons. The minimum absolute atomic E-state index is 0.275. The highest BCUT2D eigenvalue weighted by molar-refractivity contribution is 5.78. The van der Waals surface area contributed by atoms with Crippen molar-refractivity contribution in [3.8, 4) is 0 Å². The molecule has 0 aromatic rings. The van der Waals surface area contributed by atoms with Gasteiger partial charge in [-0.3, -0.25) is 4.90 Å². The number of rotatable bonds is 2. The number of urea groups is 1. The van der Waals surface area contributed by atoms with E-state index in [9.17, 15) is 4.79 Å². The summed E-state index contributed by atoms with van der Waals surface area (Å²) in [5.41, 5.74) is 0. The molecule has 0 saturated carbocycles. The van der Waals surface area contributed by atoms with Crippen molar-refractivity contribution in [2.24, 2.45) is 0 Å². The second-order valence-electron chi connectivity index (χ2n) is 6.02. The zero-order chi connectivity index (χ0) is 12.7. The Morgan fingerprint density at radius 2 is 2.00 bits per heavy atom. The summed E-state index contributed by atoms with van der Waals surface area (Å²) in [6.45, 7) is 10.4. The van der Waals surface area contributed by atoms with Crippen molar-refractivity contribution in [1.29, 1.82) is 0 Å². The first-order chi connectivity index (χ1) is 8.66. The molecule has 3 heterocycles. The molecule has 3 rings (SSSR count). The molecular formula is C13H24N4O. The Morgan fingerprint density at radius 3 is 2.67 bits per heavy atom. The van der Waals surface area contributed by atoms with E-state index < -0.39 is 0 Å². The molecular weight excluding hydrogens is 228 g/mol. The van der Waals surface area contributed by atoms with Gasteiger partial charge in [-0.2, -0.15) is 0 Å². The number of hydrogen-bond donors (Lipinski definition) is 1. The maximum atomic E-state index is 12.4. The summed E-state index contributed by atoms with van der Waals surface area (Å²) in [6, 6.07) is 1.71. The SMILES string of the molecule is CC(C)N1CCC(N2CC3CNCCN3C2=O)C1. The Morgan fingerprint density at radius 1 is 1.17 bits per heavy atom. The van der Waals surface area contributed by atoms with Crippen molar-refractivity contribution in [3.63, 3.8) is 0 Å². The number of hydrogen-bond acceptors (Lipinski definition) is 3. The Hall–Kier alpha value is -0.810. The fourth-order valence-electron chi connectivity index (χ4n) is 3.44. The van der Waals surface area contributed by atoms with E-state index in [1.54, 1.807) is 0 Å². The zero-order valence-electron chi connectivity index (χ0n) is 11.4. The summed E-state index contributed by atoms with van der Waals surface area (Å²) in [4.78, 5) is 19.1. The summed E-state index contributed by atoms with van der Waals surface area (Å²) in [6.07, 6.45) is 1.14. The maximum absolute atomic E-state index is 12.4. The molecule has 0 bridgehead atoms. The summed E-state index contributed by atoms with van der Waals surface area (Å²) in [5, 5.41) is 3.38. The predicted molar refractivity (Wildman–Crippen MR) is 70.6 cm³/mol. The normalized spacial score (nSPS) is 33.6. The fraction of sp³-hybridized carbons (Fsp3) is 0.923. The number of amides is 2. The highest BCUT2D eigenvalue weighted by Crippen LogP contribution is 2.25. The quantitative estimate of drug-likeness (QED) is 0.762. The molecule has 3 aliphatic heterocycles. The van der Waals surface area contributed by atoms with Crippen LogP contribution in [0.3, 0.4) is 0 Å². The summed E-state index contributed by atoms with van der Waals surface area (Å²) in [7, 11) is 0. The largest absolute Gasteiger partial charge is 0.320 e. The van der Waals surface area contributed by atoms with Gasteiger partial charge in [0, 0.05) is 51.4 Å². The molecule has 0 spiro atoms. The molecule has 0 aliphatic carbocycles. The maximum Gasteiger partial charge on any atom is 0.320 e. The Balaban J connectivity index is 1.65. The van der Waals surface area contributed by atoms with Crippen LogP contribution in [0, 0.1) is 0 Å². The number of likely N-dealkylation sites (tertiary alicyclic amines) is 1. The van der Waals surface area contributed by atoms with Gasteiger partial charge < -0.3 is 15.1 Å². The molecule has 2 amide bonds. The number of nitrogens with one attached hydrogen (secondary N) is 1. The minimum Gasteiger partial charge on any atom is -0.318 e. The van der Waals surface area contributed by atoms with Crippen LogP contribution in [0.2, 0.25) is 0 Å². The van der Waals surface area contributed by atoms with Crippen molar-refractivity contribution in [2.45, 2.75) is 38.4 Å². The van der Waals surface area contributed by atoms with Gasteiger partial charge in [0.2, 0.25) is 0 Å². The van der Waals surface area contributed by atoms with Gasteiger partial charge in [-0.1, -0.05) is 0 Å². The number of nitrogens with zero attached hydrogens (tertiary/aromatic N) is 3. The third-order valence-corrected chi connectivity index (χ3v) is 4.61. The van der Waals surface area contributed by atoms with Crippen molar-refractivity contribution < 1.29 is 4.79 Å². The third-order valence-electron chi connectivity index (χ3n) is 4.61. The average molecular weight is 252 g/mol. The molecule has 0 aromatic heterocycles. The van der Waals surface area contributed by atoms with Gasteiger partial charge in [0.05, 0.1) is 6.04 Å². The summed E-state index contributed by atoms with van der Waals surface area (Å²) >= 11 is 0. The Bertz CT molecular complexity index is 333. The lowest BCUT2D eigenvalue weighted by Gasteiger charge is -2.28. The van der Waals surface area contributed by atoms with E-state index in [0.717, 1.165) is 45.7 Å². The molecule has 1 N–H and O–H groups in total. The molecule has 2 atom stereocenters. The summed E-state index contributed by atoms with van der Waals surface area (Å²) < 4.78 is 0. The standard InChI is InChI=1S/C13H24N4O/c1-10(2)15-5-3-11(8-15)17-9-12-7-14-4-6-16(12)13(17)18/h10-12,14H,3-9H2,1-2H3. The second kappa shape index (κ2) is 4.70. The molecule has 5 nitrogen and oxygen atoms in total. The van der Waals surface area contributed by atoms with Crippen LogP contribution in [-0.4, -0.2) is 78.1 Å².